The molecule has 0 aliphatic heterocycles. The Balaban J connectivity index is 2.21. The van der Waals surface area contributed by atoms with Crippen LogP contribution in [-0.2, 0) is 11.3 Å². The molecule has 1 heterocycles. The van der Waals surface area contributed by atoms with E-state index in [4.69, 9.17) is 15.2 Å². The van der Waals surface area contributed by atoms with Crippen LogP contribution >= 0.6 is 15.9 Å². The maximum absolute atomic E-state index is 13.3. The molecule has 106 valence electrons. The number of ether oxygens (including phenoxy) is 2. The standard InChI is InChI=1S/C13H13BrFN3O2/c1-2-19-7-12-17-11(16)6-13(18-12)20-10-4-8(14)3-9(15)5-10/h3-6H,2,7H2,1H3,(H2,16,17,18). The Morgan fingerprint density at radius 2 is 2.05 bits per heavy atom. The predicted molar refractivity (Wildman–Crippen MR) is 75.9 cm³/mol. The van der Waals surface area contributed by atoms with Crippen LogP contribution in [0.15, 0.2) is 28.7 Å². The van der Waals surface area contributed by atoms with Crippen molar-refractivity contribution in [2.75, 3.05) is 12.3 Å². The molecule has 0 saturated carbocycles. The molecule has 0 spiro atoms. The summed E-state index contributed by atoms with van der Waals surface area (Å²) in [5.74, 6) is 0.825. The summed E-state index contributed by atoms with van der Waals surface area (Å²) >= 11 is 3.19. The minimum Gasteiger partial charge on any atom is -0.439 e. The van der Waals surface area contributed by atoms with E-state index in [1.54, 1.807) is 6.07 Å². The van der Waals surface area contributed by atoms with E-state index in [1.165, 1.54) is 18.2 Å². The third kappa shape index (κ3) is 4.14. The van der Waals surface area contributed by atoms with Gasteiger partial charge in [0, 0.05) is 23.2 Å². The number of anilines is 1. The predicted octanol–water partition coefficient (Wildman–Crippen LogP) is 3.29. The lowest BCUT2D eigenvalue weighted by Gasteiger charge is -2.08. The molecule has 0 aliphatic carbocycles. The molecule has 0 atom stereocenters. The second-order valence-electron chi connectivity index (χ2n) is 3.89. The molecule has 20 heavy (non-hydrogen) atoms. The van der Waals surface area contributed by atoms with Gasteiger partial charge in [0.15, 0.2) is 5.82 Å². The lowest BCUT2D eigenvalue weighted by Crippen LogP contribution is -2.03. The monoisotopic (exact) mass is 341 g/mol. The average Bonchev–Trinajstić information content (AvgIpc) is 2.34. The van der Waals surface area contributed by atoms with Crippen LogP contribution in [0.2, 0.25) is 0 Å². The molecule has 0 bridgehead atoms. The topological polar surface area (TPSA) is 70.3 Å². The van der Waals surface area contributed by atoms with Crippen LogP contribution in [0, 0.1) is 5.82 Å². The molecule has 0 unspecified atom stereocenters. The first-order chi connectivity index (χ1) is 9.56. The van der Waals surface area contributed by atoms with Gasteiger partial charge >= 0.3 is 0 Å². The van der Waals surface area contributed by atoms with Crippen LogP contribution in [-0.4, -0.2) is 16.6 Å². The van der Waals surface area contributed by atoms with Crippen molar-refractivity contribution in [1.29, 1.82) is 0 Å². The fraction of sp³-hybridized carbons (Fsp3) is 0.231. The van der Waals surface area contributed by atoms with Gasteiger partial charge in [-0.15, -0.1) is 0 Å². The highest BCUT2D eigenvalue weighted by Gasteiger charge is 2.07. The van der Waals surface area contributed by atoms with E-state index in [9.17, 15) is 4.39 Å². The summed E-state index contributed by atoms with van der Waals surface area (Å²) < 4.78 is 24.5. The van der Waals surface area contributed by atoms with E-state index < -0.39 is 5.82 Å². The molecule has 1 aromatic carbocycles. The lowest BCUT2D eigenvalue weighted by atomic mass is 10.3. The van der Waals surface area contributed by atoms with Crippen LogP contribution in [0.25, 0.3) is 0 Å². The Bertz CT molecular complexity index is 590. The first kappa shape index (κ1) is 14.7. The fourth-order valence-electron chi connectivity index (χ4n) is 1.51. The van der Waals surface area contributed by atoms with Crippen molar-refractivity contribution in [1.82, 2.24) is 9.97 Å². The molecule has 2 N–H and O–H groups in total. The van der Waals surface area contributed by atoms with Crippen molar-refractivity contribution in [2.24, 2.45) is 0 Å². The van der Waals surface area contributed by atoms with Gasteiger partial charge in [0.2, 0.25) is 5.88 Å². The number of nitrogens with two attached hydrogens (primary N) is 1. The molecule has 0 radical (unpaired) electrons. The van der Waals surface area contributed by atoms with E-state index in [2.05, 4.69) is 25.9 Å². The van der Waals surface area contributed by atoms with Crippen LogP contribution in [0.1, 0.15) is 12.7 Å². The summed E-state index contributed by atoms with van der Waals surface area (Å²) in [5, 5.41) is 0. The maximum Gasteiger partial charge on any atom is 0.224 e. The van der Waals surface area contributed by atoms with Crippen LogP contribution in [0.4, 0.5) is 10.2 Å². The molecule has 0 aliphatic rings. The summed E-state index contributed by atoms with van der Waals surface area (Å²) in [5.41, 5.74) is 5.67. The normalized spacial score (nSPS) is 10.6. The van der Waals surface area contributed by atoms with Gasteiger partial charge in [-0.05, 0) is 19.1 Å². The Morgan fingerprint density at radius 1 is 1.25 bits per heavy atom. The number of aromatic nitrogens is 2. The fourth-order valence-corrected chi connectivity index (χ4v) is 1.95. The van der Waals surface area contributed by atoms with Crippen molar-refractivity contribution < 1.29 is 13.9 Å². The minimum atomic E-state index is -0.411. The maximum atomic E-state index is 13.3. The second kappa shape index (κ2) is 6.62. The molecule has 1 aromatic heterocycles. The van der Waals surface area contributed by atoms with Gasteiger partial charge in [-0.3, -0.25) is 0 Å². The number of halogens is 2. The van der Waals surface area contributed by atoms with Gasteiger partial charge in [0.25, 0.3) is 0 Å². The molecule has 2 aromatic rings. The zero-order valence-electron chi connectivity index (χ0n) is 10.8. The quantitative estimate of drug-likeness (QED) is 0.903. The van der Waals surface area contributed by atoms with Gasteiger partial charge in [-0.1, -0.05) is 15.9 Å². The first-order valence-electron chi connectivity index (χ1n) is 5.92. The van der Waals surface area contributed by atoms with E-state index in [0.717, 1.165) is 0 Å². The van der Waals surface area contributed by atoms with Crippen molar-refractivity contribution in [3.63, 3.8) is 0 Å². The van der Waals surface area contributed by atoms with Crippen LogP contribution in [0.5, 0.6) is 11.6 Å². The van der Waals surface area contributed by atoms with E-state index in [-0.39, 0.29) is 18.3 Å². The van der Waals surface area contributed by atoms with Gasteiger partial charge in [-0.2, -0.15) is 4.98 Å². The Kier molecular flexibility index (Phi) is 4.86. The van der Waals surface area contributed by atoms with Crippen LogP contribution in [0.3, 0.4) is 0 Å². The molecular weight excluding hydrogens is 329 g/mol. The zero-order chi connectivity index (χ0) is 14.5. The molecule has 5 nitrogen and oxygen atoms in total. The average molecular weight is 342 g/mol. The van der Waals surface area contributed by atoms with Gasteiger partial charge < -0.3 is 15.2 Å². The number of benzene rings is 1. The summed E-state index contributed by atoms with van der Waals surface area (Å²) in [6, 6.07) is 5.69. The summed E-state index contributed by atoms with van der Waals surface area (Å²) in [7, 11) is 0. The summed E-state index contributed by atoms with van der Waals surface area (Å²) in [6.45, 7) is 2.66. The molecule has 0 amide bonds. The van der Waals surface area contributed by atoms with Gasteiger partial charge in [0.05, 0.1) is 0 Å². The summed E-state index contributed by atoms with van der Waals surface area (Å²) in [6.07, 6.45) is 0. The van der Waals surface area contributed by atoms with Crippen molar-refractivity contribution in [3.8, 4) is 11.6 Å². The minimum absolute atomic E-state index is 0.240. The second-order valence-corrected chi connectivity index (χ2v) is 4.81. The SMILES string of the molecule is CCOCc1nc(N)cc(Oc2cc(F)cc(Br)c2)n1. The highest BCUT2D eigenvalue weighted by molar-refractivity contribution is 9.10. The smallest absolute Gasteiger partial charge is 0.224 e. The first-order valence-corrected chi connectivity index (χ1v) is 6.71. The number of nitrogens with zero attached hydrogens (tertiary/aromatic N) is 2. The van der Waals surface area contributed by atoms with Crippen LogP contribution < -0.4 is 10.5 Å². The van der Waals surface area contributed by atoms with Gasteiger partial charge in [0.1, 0.15) is 24.0 Å². The number of hydrogen-bond donors (Lipinski definition) is 1. The van der Waals surface area contributed by atoms with Crippen molar-refractivity contribution in [2.45, 2.75) is 13.5 Å². The Morgan fingerprint density at radius 3 is 2.75 bits per heavy atom. The van der Waals surface area contributed by atoms with Crippen molar-refractivity contribution >= 4 is 21.7 Å². The highest BCUT2D eigenvalue weighted by Crippen LogP contribution is 2.25. The number of nitrogen functional groups attached to an aromatic ring is 1. The van der Waals surface area contributed by atoms with E-state index in [0.29, 0.717) is 22.7 Å². The summed E-state index contributed by atoms with van der Waals surface area (Å²) in [4.78, 5) is 8.18. The number of rotatable bonds is 5. The molecule has 0 fully saturated rings. The number of hydrogen-bond acceptors (Lipinski definition) is 5. The molecule has 7 heteroatoms. The van der Waals surface area contributed by atoms with Crippen molar-refractivity contribution in [3.05, 3.63) is 40.4 Å². The zero-order valence-corrected chi connectivity index (χ0v) is 12.4. The van der Waals surface area contributed by atoms with E-state index in [1.807, 2.05) is 6.92 Å². The molecular formula is C13H13BrFN3O2. The third-order valence-corrected chi connectivity index (χ3v) is 2.72. The lowest BCUT2D eigenvalue weighted by molar-refractivity contribution is 0.128. The molecule has 2 rings (SSSR count). The Labute approximate surface area is 124 Å². The largest absolute Gasteiger partial charge is 0.439 e. The third-order valence-electron chi connectivity index (χ3n) is 2.26. The van der Waals surface area contributed by atoms with Gasteiger partial charge in [-0.25, -0.2) is 9.37 Å². The Hall–Kier alpha value is -1.73. The highest BCUT2D eigenvalue weighted by atomic mass is 79.9. The van der Waals surface area contributed by atoms with E-state index >= 15 is 0 Å². The molecule has 0 saturated heterocycles.